The summed E-state index contributed by atoms with van der Waals surface area (Å²) in [6.07, 6.45) is -1.35. The van der Waals surface area contributed by atoms with Crippen molar-refractivity contribution in [1.82, 2.24) is 0 Å². The lowest BCUT2D eigenvalue weighted by Crippen LogP contribution is -2.20. The lowest BCUT2D eigenvalue weighted by Gasteiger charge is -2.31. The molecular weight excluding hydrogens is 252 g/mol. The number of rotatable bonds is 3. The Morgan fingerprint density at radius 3 is 1.48 bits per heavy atom. The van der Waals surface area contributed by atoms with Crippen molar-refractivity contribution in [2.45, 2.75) is 92.9 Å². The van der Waals surface area contributed by atoms with Crippen molar-refractivity contribution in [2.75, 3.05) is 0 Å². The standard InChI is InChI=1S/C21H36/c1-14(2)17-11-16(13-20(5,6)7)12-18(15(3)4)19(17)21(8,9)10/h11-12,14-15H,13H2,1-10H3/i13D2. The first-order chi connectivity index (χ1) is 10.1. The minimum atomic E-state index is -1.35. The Morgan fingerprint density at radius 1 is 0.857 bits per heavy atom. The van der Waals surface area contributed by atoms with E-state index in [0.717, 1.165) is 5.56 Å². The summed E-state index contributed by atoms with van der Waals surface area (Å²) in [7, 11) is 0. The predicted molar refractivity (Wildman–Crippen MR) is 96.5 cm³/mol. The van der Waals surface area contributed by atoms with E-state index >= 15 is 0 Å². The Labute approximate surface area is 136 Å². The number of hydrogen-bond donors (Lipinski definition) is 0. The van der Waals surface area contributed by atoms with E-state index in [0.29, 0.717) is 11.8 Å². The molecule has 0 saturated carbocycles. The highest BCUT2D eigenvalue weighted by Crippen LogP contribution is 2.38. The Kier molecular flexibility index (Phi) is 4.43. The second-order valence-corrected chi connectivity index (χ2v) is 8.96. The van der Waals surface area contributed by atoms with Crippen LogP contribution in [0.2, 0.25) is 0 Å². The van der Waals surface area contributed by atoms with Gasteiger partial charge in [-0.3, -0.25) is 0 Å². The maximum atomic E-state index is 8.69. The molecule has 0 N–H and O–H groups in total. The molecule has 1 aromatic carbocycles. The summed E-state index contributed by atoms with van der Waals surface area (Å²) >= 11 is 0. The van der Waals surface area contributed by atoms with Gasteiger partial charge in [-0.15, -0.1) is 0 Å². The lowest BCUT2D eigenvalue weighted by molar-refractivity contribution is 0.410. The molecule has 0 atom stereocenters. The molecule has 0 spiro atoms. The first kappa shape index (κ1) is 15.1. The molecule has 0 aromatic heterocycles. The molecule has 0 heterocycles. The highest BCUT2D eigenvalue weighted by Gasteiger charge is 2.26. The summed E-state index contributed by atoms with van der Waals surface area (Å²) in [6.45, 7) is 21.6. The van der Waals surface area contributed by atoms with E-state index in [1.165, 1.54) is 16.7 Å². The normalized spacial score (nSPS) is 15.4. The van der Waals surface area contributed by atoms with E-state index in [-0.39, 0.29) is 5.41 Å². The van der Waals surface area contributed by atoms with Crippen LogP contribution in [-0.2, 0) is 11.8 Å². The van der Waals surface area contributed by atoms with Gasteiger partial charge in [0.25, 0.3) is 0 Å². The second kappa shape index (κ2) is 6.15. The molecule has 0 aliphatic carbocycles. The molecule has 0 heteroatoms. The molecule has 0 aliphatic heterocycles. The van der Waals surface area contributed by atoms with Crippen LogP contribution in [0.5, 0.6) is 0 Å². The van der Waals surface area contributed by atoms with Crippen molar-refractivity contribution in [1.29, 1.82) is 0 Å². The molecule has 21 heavy (non-hydrogen) atoms. The Bertz CT molecular complexity index is 523. The Morgan fingerprint density at radius 2 is 1.24 bits per heavy atom. The first-order valence-corrected chi connectivity index (χ1v) is 8.29. The van der Waals surface area contributed by atoms with Gasteiger partial charge in [-0.1, -0.05) is 81.4 Å². The molecule has 120 valence electrons. The lowest BCUT2D eigenvalue weighted by atomic mass is 9.73. The predicted octanol–water partition coefficient (Wildman–Crippen LogP) is 6.82. The molecule has 0 unspecified atom stereocenters. The smallest absolute Gasteiger partial charge is 0.0321 e. The second-order valence-electron chi connectivity index (χ2n) is 8.96. The first-order valence-electron chi connectivity index (χ1n) is 9.29. The van der Waals surface area contributed by atoms with E-state index in [1.54, 1.807) is 0 Å². The van der Waals surface area contributed by atoms with Crippen molar-refractivity contribution < 1.29 is 2.74 Å². The van der Waals surface area contributed by atoms with Crippen LogP contribution in [0.4, 0.5) is 0 Å². The van der Waals surface area contributed by atoms with Crippen LogP contribution in [0.15, 0.2) is 12.1 Å². The highest BCUT2D eigenvalue weighted by molar-refractivity contribution is 5.46. The SMILES string of the molecule is [2H]C([2H])(c1cc(C(C)C)c(C(C)(C)C)c(C(C)C)c1)C(C)(C)C. The maximum Gasteiger partial charge on any atom is 0.0321 e. The fourth-order valence-corrected chi connectivity index (χ4v) is 2.97. The van der Waals surface area contributed by atoms with Gasteiger partial charge in [-0.25, -0.2) is 0 Å². The van der Waals surface area contributed by atoms with Crippen LogP contribution < -0.4 is 0 Å². The molecule has 0 bridgehead atoms. The van der Waals surface area contributed by atoms with Gasteiger partial charge in [-0.05, 0) is 51.3 Å². The van der Waals surface area contributed by atoms with Gasteiger partial charge in [0.05, 0.1) is 0 Å². The zero-order valence-electron chi connectivity index (χ0n) is 17.8. The molecule has 0 aliphatic rings. The fraction of sp³-hybridized carbons (Fsp3) is 0.714. The van der Waals surface area contributed by atoms with Crippen molar-refractivity contribution in [3.8, 4) is 0 Å². The van der Waals surface area contributed by atoms with Crippen LogP contribution in [-0.4, -0.2) is 0 Å². The number of benzene rings is 1. The molecule has 0 amide bonds. The van der Waals surface area contributed by atoms with Crippen molar-refractivity contribution in [3.05, 3.63) is 34.4 Å². The summed E-state index contributed by atoms with van der Waals surface area (Å²) in [5.41, 5.74) is 4.45. The third-order valence-corrected chi connectivity index (χ3v) is 3.71. The van der Waals surface area contributed by atoms with Gasteiger partial charge in [0.2, 0.25) is 0 Å². The summed E-state index contributed by atoms with van der Waals surface area (Å²) in [5.74, 6) is 0.773. The van der Waals surface area contributed by atoms with Crippen molar-refractivity contribution in [2.24, 2.45) is 5.41 Å². The van der Waals surface area contributed by atoms with Crippen LogP contribution in [0.1, 0.15) is 106 Å². The van der Waals surface area contributed by atoms with Crippen LogP contribution in [0.3, 0.4) is 0 Å². The fourth-order valence-electron chi connectivity index (χ4n) is 2.97. The molecule has 1 rings (SSSR count). The highest BCUT2D eigenvalue weighted by atomic mass is 14.3. The average Bonchev–Trinajstić information content (AvgIpc) is 2.34. The minimum absolute atomic E-state index is 0.0617. The molecule has 0 nitrogen and oxygen atoms in total. The van der Waals surface area contributed by atoms with Crippen molar-refractivity contribution in [3.63, 3.8) is 0 Å². The van der Waals surface area contributed by atoms with Gasteiger partial charge < -0.3 is 0 Å². The third-order valence-electron chi connectivity index (χ3n) is 3.71. The monoisotopic (exact) mass is 290 g/mol. The Balaban J connectivity index is 3.82. The number of hydrogen-bond acceptors (Lipinski definition) is 0. The molecule has 0 saturated heterocycles. The van der Waals surface area contributed by atoms with Crippen LogP contribution in [0.25, 0.3) is 0 Å². The largest absolute Gasteiger partial charge is 0.0599 e. The molecule has 0 fully saturated rings. The zero-order valence-corrected chi connectivity index (χ0v) is 15.8. The summed E-state index contributed by atoms with van der Waals surface area (Å²) in [6, 6.07) is 4.25. The summed E-state index contributed by atoms with van der Waals surface area (Å²) in [5, 5.41) is 0. The van der Waals surface area contributed by atoms with Gasteiger partial charge in [0.15, 0.2) is 0 Å². The zero-order chi connectivity index (χ0) is 18.4. The minimum Gasteiger partial charge on any atom is -0.0599 e. The third kappa shape index (κ3) is 4.87. The molecule has 1 aromatic rings. The van der Waals surface area contributed by atoms with Gasteiger partial charge in [-0.2, -0.15) is 0 Å². The summed E-state index contributed by atoms with van der Waals surface area (Å²) in [4.78, 5) is 0. The maximum absolute atomic E-state index is 8.69. The van der Waals surface area contributed by atoms with Gasteiger partial charge >= 0.3 is 0 Å². The molecule has 0 radical (unpaired) electrons. The summed E-state index contributed by atoms with van der Waals surface area (Å²) < 4.78 is 17.4. The van der Waals surface area contributed by atoms with Gasteiger partial charge in [0.1, 0.15) is 0 Å². The topological polar surface area (TPSA) is 0 Å². The average molecular weight is 291 g/mol. The molecular formula is C21H36. The van der Waals surface area contributed by atoms with E-state index in [1.807, 2.05) is 20.8 Å². The van der Waals surface area contributed by atoms with Crippen LogP contribution >= 0.6 is 0 Å². The quantitative estimate of drug-likeness (QED) is 0.573. The van der Waals surface area contributed by atoms with Crippen molar-refractivity contribution >= 4 is 0 Å². The van der Waals surface area contributed by atoms with Gasteiger partial charge in [0, 0.05) is 2.74 Å². The van der Waals surface area contributed by atoms with E-state index < -0.39 is 11.8 Å². The van der Waals surface area contributed by atoms with E-state index in [2.05, 4.69) is 60.6 Å². The van der Waals surface area contributed by atoms with E-state index in [4.69, 9.17) is 2.74 Å². The van der Waals surface area contributed by atoms with E-state index in [9.17, 15) is 0 Å². The van der Waals surface area contributed by atoms with Crippen LogP contribution in [0, 0.1) is 5.41 Å². The Hall–Kier alpha value is -0.780.